The Morgan fingerprint density at radius 1 is 1.50 bits per heavy atom. The van der Waals surface area contributed by atoms with Gasteiger partial charge in [0.05, 0.1) is 4.47 Å². The van der Waals surface area contributed by atoms with E-state index in [0.29, 0.717) is 0 Å². The third kappa shape index (κ3) is 2.84. The van der Waals surface area contributed by atoms with Crippen LogP contribution in [-0.4, -0.2) is 23.7 Å². The zero-order valence-corrected chi connectivity index (χ0v) is 11.2. The molecule has 0 saturated carbocycles. The summed E-state index contributed by atoms with van der Waals surface area (Å²) in [6.07, 6.45) is -0.884. The van der Waals surface area contributed by atoms with E-state index in [1.54, 1.807) is 0 Å². The highest BCUT2D eigenvalue weighted by atomic mass is 79.9. The number of carbonyl (C=O) groups is 1. The van der Waals surface area contributed by atoms with Gasteiger partial charge in [-0.15, -0.1) is 12.4 Å². The van der Waals surface area contributed by atoms with Crippen LogP contribution in [0.15, 0.2) is 22.7 Å². The molecule has 1 aliphatic heterocycles. The first-order valence-corrected chi connectivity index (χ1v) is 5.49. The zero-order valence-electron chi connectivity index (χ0n) is 8.82. The number of benzene rings is 1. The number of halogens is 4. The fourth-order valence-electron chi connectivity index (χ4n) is 1.54. The molecule has 1 aromatic rings. The number of rotatable bonds is 1. The van der Waals surface area contributed by atoms with E-state index < -0.39 is 24.7 Å². The van der Waals surface area contributed by atoms with Gasteiger partial charge in [-0.05, 0) is 33.6 Å². The van der Waals surface area contributed by atoms with Crippen molar-refractivity contribution >= 4 is 34.4 Å². The number of alkyl carbamates (subject to hydrolysis) is 1. The van der Waals surface area contributed by atoms with Gasteiger partial charge >= 0.3 is 12.0 Å². The quantitative estimate of drug-likeness (QED) is 0.823. The normalized spacial score (nSPS) is 21.5. The topological polar surface area (TPSA) is 58.6 Å². The molecule has 0 unspecified atom stereocenters. The van der Waals surface area contributed by atoms with Crippen molar-refractivity contribution in [3.8, 4) is 5.75 Å². The largest absolute Gasteiger partial charge is 0.507 e. The predicted octanol–water partition coefficient (Wildman–Crippen LogP) is 2.99. The third-order valence-corrected chi connectivity index (χ3v) is 3.02. The molecule has 0 bridgehead atoms. The molecule has 100 valence electrons. The molecule has 0 spiro atoms. The summed E-state index contributed by atoms with van der Waals surface area (Å²) in [6, 6.07) is 2.47. The molecule has 1 saturated heterocycles. The minimum Gasteiger partial charge on any atom is -0.507 e. The van der Waals surface area contributed by atoms with Crippen LogP contribution in [0.2, 0.25) is 0 Å². The Labute approximate surface area is 116 Å². The van der Waals surface area contributed by atoms with E-state index in [4.69, 9.17) is 0 Å². The molecule has 1 fully saturated rings. The maximum atomic E-state index is 13.5. The number of cyclic esters (lactones) is 1. The number of aromatic hydroxyl groups is 1. The van der Waals surface area contributed by atoms with Gasteiger partial charge in [-0.1, -0.05) is 6.07 Å². The number of ether oxygens (including phenoxy) is 1. The lowest BCUT2D eigenvalue weighted by molar-refractivity contribution is -0.104. The highest BCUT2D eigenvalue weighted by Gasteiger charge is 2.46. The molecule has 0 radical (unpaired) electrons. The second kappa shape index (κ2) is 5.27. The third-order valence-electron chi connectivity index (χ3n) is 2.39. The van der Waals surface area contributed by atoms with Crippen LogP contribution in [0.4, 0.5) is 13.6 Å². The van der Waals surface area contributed by atoms with Crippen molar-refractivity contribution in [2.24, 2.45) is 0 Å². The van der Waals surface area contributed by atoms with Gasteiger partial charge in [0.1, 0.15) is 11.8 Å². The standard InChI is InChI=1S/C10H8BrF2NO3.ClH/c11-6-3-5(1-2-7(6)15)8-10(12,13)4-17-9(16)14-8;/h1-3,8,15H,4H2,(H,14,16);1H/t8-;/m1./s1. The van der Waals surface area contributed by atoms with Crippen LogP contribution in [0, 0.1) is 0 Å². The van der Waals surface area contributed by atoms with Gasteiger partial charge in [0.2, 0.25) is 0 Å². The van der Waals surface area contributed by atoms with Crippen molar-refractivity contribution < 1.29 is 23.4 Å². The van der Waals surface area contributed by atoms with Crippen LogP contribution in [0.3, 0.4) is 0 Å². The van der Waals surface area contributed by atoms with Gasteiger partial charge in [0.15, 0.2) is 6.61 Å². The van der Waals surface area contributed by atoms with Gasteiger partial charge in [0.25, 0.3) is 0 Å². The lowest BCUT2D eigenvalue weighted by Gasteiger charge is -2.31. The SMILES string of the molecule is Cl.O=C1N[C@H](c2ccc(O)c(Br)c2)C(F)(F)CO1. The summed E-state index contributed by atoms with van der Waals surface area (Å²) < 4.78 is 31.6. The lowest BCUT2D eigenvalue weighted by atomic mass is 10.00. The van der Waals surface area contributed by atoms with E-state index >= 15 is 0 Å². The van der Waals surface area contributed by atoms with Crippen molar-refractivity contribution in [1.29, 1.82) is 0 Å². The Morgan fingerprint density at radius 2 is 2.17 bits per heavy atom. The van der Waals surface area contributed by atoms with Gasteiger partial charge in [0, 0.05) is 0 Å². The average molecular weight is 345 g/mol. The minimum atomic E-state index is -3.19. The van der Waals surface area contributed by atoms with E-state index in [0.717, 1.165) is 0 Å². The lowest BCUT2D eigenvalue weighted by Crippen LogP contribution is -2.49. The van der Waals surface area contributed by atoms with Crippen LogP contribution in [0.1, 0.15) is 11.6 Å². The van der Waals surface area contributed by atoms with Gasteiger partial charge < -0.3 is 15.2 Å². The van der Waals surface area contributed by atoms with Gasteiger partial charge in [-0.2, -0.15) is 0 Å². The van der Waals surface area contributed by atoms with Crippen LogP contribution >= 0.6 is 28.3 Å². The van der Waals surface area contributed by atoms with Crippen molar-refractivity contribution in [2.45, 2.75) is 12.0 Å². The van der Waals surface area contributed by atoms with Crippen molar-refractivity contribution in [3.05, 3.63) is 28.2 Å². The molecule has 0 aromatic heterocycles. The molecular weight excluding hydrogens is 335 g/mol. The Morgan fingerprint density at radius 3 is 2.78 bits per heavy atom. The molecule has 1 atom stereocenters. The first-order chi connectivity index (χ1) is 7.90. The molecule has 1 aliphatic rings. The number of alkyl halides is 2. The van der Waals surface area contributed by atoms with E-state index in [1.165, 1.54) is 18.2 Å². The van der Waals surface area contributed by atoms with E-state index in [-0.39, 0.29) is 28.2 Å². The Balaban J connectivity index is 0.00000162. The minimum absolute atomic E-state index is 0. The highest BCUT2D eigenvalue weighted by Crippen LogP contribution is 2.36. The maximum absolute atomic E-state index is 13.5. The zero-order chi connectivity index (χ0) is 12.6. The van der Waals surface area contributed by atoms with Crippen LogP contribution in [0.5, 0.6) is 5.75 Å². The van der Waals surface area contributed by atoms with E-state index in [9.17, 15) is 18.7 Å². The monoisotopic (exact) mass is 343 g/mol. The first kappa shape index (κ1) is 15.0. The second-order valence-electron chi connectivity index (χ2n) is 3.63. The molecule has 8 heteroatoms. The number of amides is 1. The summed E-state index contributed by atoms with van der Waals surface area (Å²) >= 11 is 3.03. The fourth-order valence-corrected chi connectivity index (χ4v) is 1.94. The number of hydrogen-bond donors (Lipinski definition) is 2. The van der Waals surface area contributed by atoms with Crippen LogP contribution in [0.25, 0.3) is 0 Å². The molecule has 1 amide bonds. The molecule has 1 aromatic carbocycles. The summed E-state index contributed by atoms with van der Waals surface area (Å²) in [5.41, 5.74) is 0.191. The van der Waals surface area contributed by atoms with Crippen LogP contribution in [-0.2, 0) is 4.74 Å². The first-order valence-electron chi connectivity index (χ1n) is 4.70. The Bertz CT molecular complexity index is 472. The number of nitrogens with one attached hydrogen (secondary N) is 1. The second-order valence-corrected chi connectivity index (χ2v) is 4.48. The summed E-state index contributed by atoms with van der Waals surface area (Å²) in [4.78, 5) is 11.0. The van der Waals surface area contributed by atoms with E-state index in [1.807, 2.05) is 0 Å². The number of phenolic OH excluding ortho intramolecular Hbond substituents is 1. The number of hydrogen-bond acceptors (Lipinski definition) is 3. The average Bonchev–Trinajstić information content (AvgIpc) is 2.26. The Kier molecular flexibility index (Phi) is 4.39. The molecule has 18 heavy (non-hydrogen) atoms. The molecule has 0 aliphatic carbocycles. The van der Waals surface area contributed by atoms with Crippen molar-refractivity contribution in [3.63, 3.8) is 0 Å². The fraction of sp³-hybridized carbons (Fsp3) is 0.300. The number of phenols is 1. The smallest absolute Gasteiger partial charge is 0.408 e. The summed E-state index contributed by atoms with van der Waals surface area (Å²) in [6.45, 7) is -0.956. The Hall–Kier alpha value is -1.08. The van der Waals surface area contributed by atoms with Crippen LogP contribution < -0.4 is 5.32 Å². The molecule has 1 heterocycles. The predicted molar refractivity (Wildman–Crippen MR) is 65.2 cm³/mol. The molecule has 2 rings (SSSR count). The summed E-state index contributed by atoms with van der Waals surface area (Å²) in [7, 11) is 0. The van der Waals surface area contributed by atoms with Crippen molar-refractivity contribution in [1.82, 2.24) is 5.32 Å². The van der Waals surface area contributed by atoms with Gasteiger partial charge in [-0.25, -0.2) is 13.6 Å². The molecule has 4 nitrogen and oxygen atoms in total. The summed E-state index contributed by atoms with van der Waals surface area (Å²) in [5, 5.41) is 11.3. The maximum Gasteiger partial charge on any atom is 0.408 e. The molecular formula is C10H9BrClF2NO3. The van der Waals surface area contributed by atoms with Crippen molar-refractivity contribution in [2.75, 3.05) is 6.61 Å². The van der Waals surface area contributed by atoms with E-state index in [2.05, 4.69) is 26.0 Å². The van der Waals surface area contributed by atoms with Gasteiger partial charge in [-0.3, -0.25) is 0 Å². The summed E-state index contributed by atoms with van der Waals surface area (Å²) in [5.74, 6) is -3.25. The molecule has 2 N–H and O–H groups in total. The number of carbonyl (C=O) groups excluding carboxylic acids is 1. The highest BCUT2D eigenvalue weighted by molar-refractivity contribution is 9.10.